The zero-order valence-electron chi connectivity index (χ0n) is 13.2. The second-order valence-corrected chi connectivity index (χ2v) is 6.52. The van der Waals surface area contributed by atoms with Gasteiger partial charge in [0, 0.05) is 13.2 Å². The summed E-state index contributed by atoms with van der Waals surface area (Å²) < 4.78 is 5.80. The highest BCUT2D eigenvalue weighted by atomic mass is 16.5. The molecule has 0 radical (unpaired) electrons. The van der Waals surface area contributed by atoms with Gasteiger partial charge in [0.05, 0.1) is 18.8 Å². The molecule has 1 fully saturated rings. The summed E-state index contributed by atoms with van der Waals surface area (Å²) in [7, 11) is 0. The van der Waals surface area contributed by atoms with Crippen LogP contribution in [0.5, 0.6) is 0 Å². The topological polar surface area (TPSA) is 61.7 Å². The van der Waals surface area contributed by atoms with Crippen LogP contribution in [0.4, 0.5) is 0 Å². The predicted octanol–water partition coefficient (Wildman–Crippen LogP) is 1.94. The minimum atomic E-state index is -0.414. The second-order valence-electron chi connectivity index (χ2n) is 6.52. The molecule has 1 aliphatic rings. The van der Waals surface area contributed by atoms with Crippen molar-refractivity contribution in [3.8, 4) is 0 Å². The van der Waals surface area contributed by atoms with E-state index in [1.54, 1.807) is 0 Å². The summed E-state index contributed by atoms with van der Waals surface area (Å²) in [5.41, 5.74) is 0. The summed E-state index contributed by atoms with van der Waals surface area (Å²) in [5, 5.41) is 22.0. The molecule has 0 saturated heterocycles. The number of nitrogens with one attached hydrogen (secondary N) is 1. The molecule has 0 aromatic rings. The molecule has 1 saturated carbocycles. The average molecular weight is 287 g/mol. The molecule has 20 heavy (non-hydrogen) atoms. The highest BCUT2D eigenvalue weighted by molar-refractivity contribution is 4.71. The molecule has 1 aliphatic carbocycles. The van der Waals surface area contributed by atoms with Crippen LogP contribution in [0, 0.1) is 11.8 Å². The van der Waals surface area contributed by atoms with E-state index < -0.39 is 6.10 Å². The van der Waals surface area contributed by atoms with E-state index >= 15 is 0 Å². The van der Waals surface area contributed by atoms with Crippen LogP contribution in [0.2, 0.25) is 0 Å². The second kappa shape index (κ2) is 10.6. The van der Waals surface area contributed by atoms with Gasteiger partial charge >= 0.3 is 0 Å². The summed E-state index contributed by atoms with van der Waals surface area (Å²) in [6.45, 7) is 6.51. The Morgan fingerprint density at radius 2 is 2.15 bits per heavy atom. The van der Waals surface area contributed by atoms with Crippen molar-refractivity contribution in [3.05, 3.63) is 0 Å². The maximum absolute atomic E-state index is 9.87. The third-order valence-electron chi connectivity index (χ3n) is 4.15. The van der Waals surface area contributed by atoms with Crippen LogP contribution in [-0.4, -0.2) is 48.7 Å². The molecule has 120 valence electrons. The van der Waals surface area contributed by atoms with Crippen molar-refractivity contribution in [2.24, 2.45) is 11.8 Å². The summed E-state index contributed by atoms with van der Waals surface area (Å²) in [5.74, 6) is 1.14. The van der Waals surface area contributed by atoms with Crippen LogP contribution in [0.1, 0.15) is 52.4 Å². The Hall–Kier alpha value is -0.160. The fraction of sp³-hybridized carbons (Fsp3) is 1.00. The fourth-order valence-electron chi connectivity index (χ4n) is 2.77. The third kappa shape index (κ3) is 8.20. The minimum absolute atomic E-state index is 0.260. The molecule has 0 bridgehead atoms. The molecule has 0 aromatic carbocycles. The maximum Gasteiger partial charge on any atom is 0.0897 e. The van der Waals surface area contributed by atoms with Gasteiger partial charge in [-0.05, 0) is 44.1 Å². The maximum atomic E-state index is 9.87. The van der Waals surface area contributed by atoms with Gasteiger partial charge in [0.15, 0.2) is 0 Å². The van der Waals surface area contributed by atoms with Crippen molar-refractivity contribution < 1.29 is 14.9 Å². The van der Waals surface area contributed by atoms with E-state index in [-0.39, 0.29) is 6.61 Å². The molecule has 1 rings (SSSR count). The number of rotatable bonds is 10. The Kier molecular flexibility index (Phi) is 9.44. The highest BCUT2D eigenvalue weighted by Gasteiger charge is 2.20. The number of hydrogen-bond acceptors (Lipinski definition) is 4. The van der Waals surface area contributed by atoms with Gasteiger partial charge in [-0.3, -0.25) is 0 Å². The van der Waals surface area contributed by atoms with Crippen molar-refractivity contribution in [1.82, 2.24) is 5.32 Å². The van der Waals surface area contributed by atoms with Crippen LogP contribution in [0.25, 0.3) is 0 Å². The monoisotopic (exact) mass is 287 g/mol. The first-order chi connectivity index (χ1) is 9.61. The van der Waals surface area contributed by atoms with Crippen molar-refractivity contribution in [3.63, 3.8) is 0 Å². The summed E-state index contributed by atoms with van der Waals surface area (Å²) >= 11 is 0. The van der Waals surface area contributed by atoms with Gasteiger partial charge in [0.1, 0.15) is 0 Å². The standard InChI is InChI=1S/C16H33NO3/c1-13-5-3-7-16(9-13)20-12-15(19)10-17-8-4-6-14(2)11-18/h13-19H,3-12H2,1-2H3. The van der Waals surface area contributed by atoms with Gasteiger partial charge in [-0.25, -0.2) is 0 Å². The van der Waals surface area contributed by atoms with Gasteiger partial charge in [0.2, 0.25) is 0 Å². The normalized spacial score (nSPS) is 26.4. The van der Waals surface area contributed by atoms with Gasteiger partial charge < -0.3 is 20.3 Å². The van der Waals surface area contributed by atoms with Crippen LogP contribution >= 0.6 is 0 Å². The Morgan fingerprint density at radius 3 is 2.85 bits per heavy atom. The van der Waals surface area contributed by atoms with E-state index in [9.17, 15) is 5.11 Å². The number of ether oxygens (including phenoxy) is 1. The van der Waals surface area contributed by atoms with Crippen LogP contribution in [0.15, 0.2) is 0 Å². The zero-order valence-corrected chi connectivity index (χ0v) is 13.2. The fourth-order valence-corrected chi connectivity index (χ4v) is 2.77. The zero-order chi connectivity index (χ0) is 14.8. The van der Waals surface area contributed by atoms with E-state index in [1.807, 2.05) is 6.92 Å². The SMILES string of the molecule is CC(CO)CCCNCC(O)COC1CCCC(C)C1. The Labute approximate surface area is 123 Å². The highest BCUT2D eigenvalue weighted by Crippen LogP contribution is 2.25. The molecule has 0 heterocycles. The lowest BCUT2D eigenvalue weighted by Crippen LogP contribution is -2.33. The molecule has 0 amide bonds. The van der Waals surface area contributed by atoms with Crippen molar-refractivity contribution in [1.29, 1.82) is 0 Å². The lowest BCUT2D eigenvalue weighted by Gasteiger charge is -2.27. The number of aliphatic hydroxyl groups excluding tert-OH is 2. The summed E-state index contributed by atoms with van der Waals surface area (Å²) in [4.78, 5) is 0. The minimum Gasteiger partial charge on any atom is -0.396 e. The molecular weight excluding hydrogens is 254 g/mol. The largest absolute Gasteiger partial charge is 0.396 e. The van der Waals surface area contributed by atoms with Crippen LogP contribution in [0.3, 0.4) is 0 Å². The van der Waals surface area contributed by atoms with Gasteiger partial charge in [-0.1, -0.05) is 26.7 Å². The first kappa shape index (κ1) is 17.9. The molecule has 3 N–H and O–H groups in total. The van der Waals surface area contributed by atoms with Crippen LogP contribution in [-0.2, 0) is 4.74 Å². The smallest absolute Gasteiger partial charge is 0.0897 e. The van der Waals surface area contributed by atoms with Crippen molar-refractivity contribution in [2.75, 3.05) is 26.3 Å². The van der Waals surface area contributed by atoms with Gasteiger partial charge in [0.25, 0.3) is 0 Å². The number of aliphatic hydroxyl groups is 2. The first-order valence-electron chi connectivity index (χ1n) is 8.23. The molecule has 4 nitrogen and oxygen atoms in total. The van der Waals surface area contributed by atoms with Gasteiger partial charge in [-0.15, -0.1) is 0 Å². The Morgan fingerprint density at radius 1 is 1.35 bits per heavy atom. The van der Waals surface area contributed by atoms with Crippen LogP contribution < -0.4 is 5.32 Å². The lowest BCUT2D eigenvalue weighted by atomic mass is 9.89. The average Bonchev–Trinajstić information content (AvgIpc) is 2.44. The van der Waals surface area contributed by atoms with E-state index in [1.165, 1.54) is 12.8 Å². The molecule has 0 aromatic heterocycles. The molecule has 4 atom stereocenters. The Balaban J connectivity index is 1.96. The van der Waals surface area contributed by atoms with E-state index in [0.29, 0.717) is 25.2 Å². The predicted molar refractivity (Wildman–Crippen MR) is 81.7 cm³/mol. The van der Waals surface area contributed by atoms with Crippen molar-refractivity contribution in [2.45, 2.75) is 64.6 Å². The molecule has 4 heteroatoms. The summed E-state index contributed by atoms with van der Waals surface area (Å²) in [6, 6.07) is 0. The molecule has 4 unspecified atom stereocenters. The van der Waals surface area contributed by atoms with Crippen molar-refractivity contribution >= 4 is 0 Å². The van der Waals surface area contributed by atoms with Gasteiger partial charge in [-0.2, -0.15) is 0 Å². The Bertz CT molecular complexity index is 238. The first-order valence-corrected chi connectivity index (χ1v) is 8.23. The quantitative estimate of drug-likeness (QED) is 0.537. The van der Waals surface area contributed by atoms with E-state index in [2.05, 4.69) is 12.2 Å². The summed E-state index contributed by atoms with van der Waals surface area (Å²) in [6.07, 6.45) is 6.84. The van der Waals surface area contributed by atoms with E-state index in [0.717, 1.165) is 38.1 Å². The number of hydrogen-bond donors (Lipinski definition) is 3. The molecule has 0 spiro atoms. The molecule has 0 aliphatic heterocycles. The lowest BCUT2D eigenvalue weighted by molar-refractivity contribution is -0.0305. The van der Waals surface area contributed by atoms with E-state index in [4.69, 9.17) is 9.84 Å². The third-order valence-corrected chi connectivity index (χ3v) is 4.15. The molecular formula is C16H33NO3.